The zero-order valence-electron chi connectivity index (χ0n) is 16.5. The van der Waals surface area contributed by atoms with Gasteiger partial charge in [0.15, 0.2) is 5.65 Å². The standard InChI is InChI=1S/C22H23N5O2/c1-13-9-19(25-27-12-14(2)24-21(13)27)18-10-15-5-8-26(16-3-6-23-7-4-16)22(29)17(15)11-20(18)28/h5,8-12,16,23,28H,3-4,6-7H2,1-2H3. The molecule has 2 N–H and O–H groups in total. The average molecular weight is 389 g/mol. The molecular weight excluding hydrogens is 366 g/mol. The van der Waals surface area contributed by atoms with Crippen LogP contribution in [0.25, 0.3) is 27.7 Å². The minimum Gasteiger partial charge on any atom is -0.507 e. The first kappa shape index (κ1) is 17.9. The number of fused-ring (bicyclic) bond motifs is 2. The van der Waals surface area contributed by atoms with Crippen LogP contribution in [0, 0.1) is 13.8 Å². The number of hydrogen-bond acceptors (Lipinski definition) is 5. The number of aryl methyl sites for hydroxylation is 2. The van der Waals surface area contributed by atoms with Gasteiger partial charge in [-0.15, -0.1) is 0 Å². The van der Waals surface area contributed by atoms with Crippen LogP contribution in [-0.2, 0) is 0 Å². The van der Waals surface area contributed by atoms with Crippen LogP contribution < -0.4 is 10.9 Å². The Morgan fingerprint density at radius 1 is 1.17 bits per heavy atom. The third-order valence-corrected chi connectivity index (χ3v) is 5.76. The molecule has 4 aromatic rings. The van der Waals surface area contributed by atoms with Crippen molar-refractivity contribution in [3.8, 4) is 17.0 Å². The largest absolute Gasteiger partial charge is 0.507 e. The molecule has 1 saturated heterocycles. The maximum atomic E-state index is 13.1. The van der Waals surface area contributed by atoms with Gasteiger partial charge < -0.3 is 15.0 Å². The maximum Gasteiger partial charge on any atom is 0.258 e. The highest BCUT2D eigenvalue weighted by molar-refractivity contribution is 5.89. The summed E-state index contributed by atoms with van der Waals surface area (Å²) in [5.74, 6) is 0.0562. The first-order valence-electron chi connectivity index (χ1n) is 9.94. The van der Waals surface area contributed by atoms with E-state index in [1.807, 2.05) is 49.0 Å². The van der Waals surface area contributed by atoms with Crippen LogP contribution in [0.1, 0.15) is 30.1 Å². The fourth-order valence-electron chi connectivity index (χ4n) is 4.25. The molecule has 0 spiro atoms. The molecule has 0 radical (unpaired) electrons. The van der Waals surface area contributed by atoms with Gasteiger partial charge in [-0.3, -0.25) is 4.79 Å². The summed E-state index contributed by atoms with van der Waals surface area (Å²) in [6.07, 6.45) is 5.61. The lowest BCUT2D eigenvalue weighted by atomic mass is 10.0. The van der Waals surface area contributed by atoms with Crippen molar-refractivity contribution in [3.63, 3.8) is 0 Å². The molecule has 7 nitrogen and oxygen atoms in total. The Morgan fingerprint density at radius 2 is 1.97 bits per heavy atom. The van der Waals surface area contributed by atoms with Crippen molar-refractivity contribution in [3.05, 3.63) is 58.3 Å². The van der Waals surface area contributed by atoms with Gasteiger partial charge in [-0.1, -0.05) is 0 Å². The van der Waals surface area contributed by atoms with Crippen molar-refractivity contribution < 1.29 is 5.11 Å². The normalized spacial score (nSPS) is 15.4. The van der Waals surface area contributed by atoms with Crippen molar-refractivity contribution in [1.82, 2.24) is 24.5 Å². The van der Waals surface area contributed by atoms with E-state index < -0.39 is 0 Å². The van der Waals surface area contributed by atoms with Crippen molar-refractivity contribution in [2.24, 2.45) is 0 Å². The van der Waals surface area contributed by atoms with Gasteiger partial charge in [-0.05, 0) is 75.0 Å². The number of aromatic nitrogens is 4. The van der Waals surface area contributed by atoms with Crippen LogP contribution in [0.3, 0.4) is 0 Å². The molecule has 1 aliphatic rings. The van der Waals surface area contributed by atoms with Gasteiger partial charge in [0.1, 0.15) is 5.75 Å². The predicted molar refractivity (Wildman–Crippen MR) is 112 cm³/mol. The van der Waals surface area contributed by atoms with Crippen molar-refractivity contribution in [1.29, 1.82) is 0 Å². The van der Waals surface area contributed by atoms with Crippen LogP contribution in [0.5, 0.6) is 5.75 Å². The van der Waals surface area contributed by atoms with E-state index >= 15 is 0 Å². The van der Waals surface area contributed by atoms with E-state index in [0.717, 1.165) is 48.2 Å². The maximum absolute atomic E-state index is 13.1. The summed E-state index contributed by atoms with van der Waals surface area (Å²) in [5.41, 5.74) is 3.86. The number of nitrogens with zero attached hydrogens (tertiary/aromatic N) is 4. The zero-order chi connectivity index (χ0) is 20.1. The summed E-state index contributed by atoms with van der Waals surface area (Å²) in [5, 5.41) is 20.0. The Balaban J connectivity index is 1.64. The number of phenolic OH excluding ortho intramolecular Hbond substituents is 1. The van der Waals surface area contributed by atoms with Crippen LogP contribution >= 0.6 is 0 Å². The fraction of sp³-hybridized carbons (Fsp3) is 0.318. The molecule has 1 aliphatic heterocycles. The first-order chi connectivity index (χ1) is 14.0. The molecule has 4 heterocycles. The number of piperidine rings is 1. The first-order valence-corrected chi connectivity index (χ1v) is 9.94. The van der Waals surface area contributed by atoms with E-state index in [2.05, 4.69) is 15.4 Å². The lowest BCUT2D eigenvalue weighted by Gasteiger charge is -2.25. The highest BCUT2D eigenvalue weighted by atomic mass is 16.3. The molecule has 3 aromatic heterocycles. The monoisotopic (exact) mass is 389 g/mol. The van der Waals surface area contributed by atoms with Crippen molar-refractivity contribution in [2.75, 3.05) is 13.1 Å². The van der Waals surface area contributed by atoms with Gasteiger partial charge in [-0.2, -0.15) is 5.10 Å². The second kappa shape index (κ2) is 6.70. The molecule has 1 fully saturated rings. The third kappa shape index (κ3) is 2.98. The average Bonchev–Trinajstić information content (AvgIpc) is 3.10. The Bertz CT molecular complexity index is 1300. The quantitative estimate of drug-likeness (QED) is 0.551. The molecule has 7 heteroatoms. The van der Waals surface area contributed by atoms with E-state index in [1.54, 1.807) is 10.6 Å². The molecule has 0 saturated carbocycles. The summed E-state index contributed by atoms with van der Waals surface area (Å²) in [6.45, 7) is 5.73. The van der Waals surface area contributed by atoms with Gasteiger partial charge in [-0.25, -0.2) is 9.50 Å². The van der Waals surface area contributed by atoms with Gasteiger partial charge in [0.2, 0.25) is 0 Å². The summed E-state index contributed by atoms with van der Waals surface area (Å²) >= 11 is 0. The van der Waals surface area contributed by atoms with Crippen LogP contribution in [-0.4, -0.2) is 37.4 Å². The Hall–Kier alpha value is -3.19. The second-order valence-electron chi connectivity index (χ2n) is 7.83. The van der Waals surface area contributed by atoms with E-state index in [1.165, 1.54) is 0 Å². The number of benzene rings is 1. The molecule has 0 aliphatic carbocycles. The highest BCUT2D eigenvalue weighted by Crippen LogP contribution is 2.32. The summed E-state index contributed by atoms with van der Waals surface area (Å²) in [4.78, 5) is 17.5. The number of nitrogens with one attached hydrogen (secondary N) is 1. The predicted octanol–water partition coefficient (Wildman–Crippen LogP) is 2.96. The minimum atomic E-state index is -0.0546. The van der Waals surface area contributed by atoms with Crippen molar-refractivity contribution in [2.45, 2.75) is 32.7 Å². The van der Waals surface area contributed by atoms with Crippen LogP contribution in [0.2, 0.25) is 0 Å². The molecule has 0 unspecified atom stereocenters. The number of rotatable bonds is 2. The van der Waals surface area contributed by atoms with Crippen LogP contribution in [0.15, 0.2) is 41.5 Å². The molecular formula is C22H23N5O2. The Kier molecular flexibility index (Phi) is 4.13. The second-order valence-corrected chi connectivity index (χ2v) is 7.83. The Morgan fingerprint density at radius 3 is 2.76 bits per heavy atom. The van der Waals surface area contributed by atoms with Crippen molar-refractivity contribution >= 4 is 16.4 Å². The van der Waals surface area contributed by atoms with Crippen LogP contribution in [0.4, 0.5) is 0 Å². The number of pyridine rings is 1. The number of hydrogen-bond donors (Lipinski definition) is 2. The molecule has 5 rings (SSSR count). The van der Waals surface area contributed by atoms with Gasteiger partial charge >= 0.3 is 0 Å². The number of phenols is 1. The molecule has 148 valence electrons. The summed E-state index contributed by atoms with van der Waals surface area (Å²) in [6, 6.07) is 7.49. The van der Waals surface area contributed by atoms with Gasteiger partial charge in [0, 0.05) is 17.8 Å². The number of aromatic hydroxyl groups is 1. The molecule has 1 aromatic carbocycles. The lowest BCUT2D eigenvalue weighted by molar-refractivity contribution is 0.362. The zero-order valence-corrected chi connectivity index (χ0v) is 16.5. The van der Waals surface area contributed by atoms with Gasteiger partial charge in [0.25, 0.3) is 5.56 Å². The molecule has 0 amide bonds. The van der Waals surface area contributed by atoms with Gasteiger partial charge in [0.05, 0.1) is 23.0 Å². The molecule has 0 bridgehead atoms. The minimum absolute atomic E-state index is 0.0546. The number of imidazole rings is 1. The molecule has 29 heavy (non-hydrogen) atoms. The Labute approximate surface area is 167 Å². The third-order valence-electron chi connectivity index (χ3n) is 5.76. The van der Waals surface area contributed by atoms with E-state index in [4.69, 9.17) is 0 Å². The summed E-state index contributed by atoms with van der Waals surface area (Å²) < 4.78 is 3.55. The lowest BCUT2D eigenvalue weighted by Crippen LogP contribution is -2.34. The summed E-state index contributed by atoms with van der Waals surface area (Å²) in [7, 11) is 0. The fourth-order valence-corrected chi connectivity index (χ4v) is 4.25. The van der Waals surface area contributed by atoms with E-state index in [0.29, 0.717) is 16.6 Å². The topological polar surface area (TPSA) is 84.5 Å². The highest BCUT2D eigenvalue weighted by Gasteiger charge is 2.18. The SMILES string of the molecule is Cc1cn2nc(-c3cc4ccn(C5CCNCC5)c(=O)c4cc3O)cc(C)c2n1. The van der Waals surface area contributed by atoms with E-state index in [9.17, 15) is 9.90 Å². The smallest absolute Gasteiger partial charge is 0.258 e. The van der Waals surface area contributed by atoms with E-state index in [-0.39, 0.29) is 17.4 Å². The molecule has 0 atom stereocenters.